The Morgan fingerprint density at radius 1 is 1.22 bits per heavy atom. The number of benzene rings is 2. The summed E-state index contributed by atoms with van der Waals surface area (Å²) in [7, 11) is 1.38. The molecule has 1 saturated heterocycles. The fraction of sp³-hybridized carbons (Fsp3) is 0.120. The number of pyridine rings is 1. The Balaban J connectivity index is 1.75. The maximum atomic E-state index is 13.4. The van der Waals surface area contributed by atoms with Gasteiger partial charge in [0.1, 0.15) is 17.6 Å². The summed E-state index contributed by atoms with van der Waals surface area (Å²) < 4.78 is 5.84. The molecule has 37 heavy (non-hydrogen) atoms. The highest BCUT2D eigenvalue weighted by atomic mass is 35.5. The van der Waals surface area contributed by atoms with E-state index in [1.165, 1.54) is 31.5 Å². The summed E-state index contributed by atoms with van der Waals surface area (Å²) in [5, 5.41) is 23.0. The molecule has 186 valence electrons. The van der Waals surface area contributed by atoms with E-state index in [-0.39, 0.29) is 32.7 Å². The van der Waals surface area contributed by atoms with E-state index in [2.05, 4.69) is 9.97 Å². The number of ketones is 1. The van der Waals surface area contributed by atoms with Crippen molar-refractivity contribution in [2.45, 2.75) is 13.0 Å². The first kappa shape index (κ1) is 24.3. The number of carbonyl (C=O) groups excluding carboxylic acids is 2. The summed E-state index contributed by atoms with van der Waals surface area (Å²) in [5.74, 6) is -2.21. The number of nitrogens with zero attached hydrogens (tertiary/aromatic N) is 4. The number of anilines is 1. The van der Waals surface area contributed by atoms with Crippen LogP contribution in [0.2, 0.25) is 5.02 Å². The number of aryl methyl sites for hydroxylation is 1. The third kappa shape index (κ3) is 4.07. The van der Waals surface area contributed by atoms with E-state index in [1.807, 2.05) is 0 Å². The lowest BCUT2D eigenvalue weighted by Gasteiger charge is -2.22. The van der Waals surface area contributed by atoms with E-state index >= 15 is 0 Å². The number of hydrogen-bond acceptors (Lipinski definition) is 9. The zero-order valence-electron chi connectivity index (χ0n) is 19.3. The van der Waals surface area contributed by atoms with Crippen LogP contribution in [0.25, 0.3) is 16.0 Å². The van der Waals surface area contributed by atoms with Crippen molar-refractivity contribution in [3.63, 3.8) is 0 Å². The molecule has 1 atom stereocenters. The van der Waals surface area contributed by atoms with Gasteiger partial charge < -0.3 is 9.84 Å². The van der Waals surface area contributed by atoms with Crippen LogP contribution < -0.4 is 9.64 Å². The monoisotopic (exact) mass is 536 g/mol. The molecule has 0 aliphatic carbocycles. The van der Waals surface area contributed by atoms with E-state index < -0.39 is 28.4 Å². The molecule has 0 bridgehead atoms. The Bertz CT molecular complexity index is 1640. The van der Waals surface area contributed by atoms with Gasteiger partial charge >= 0.3 is 5.91 Å². The second-order valence-electron chi connectivity index (χ2n) is 8.16. The zero-order chi connectivity index (χ0) is 26.4. The van der Waals surface area contributed by atoms with Gasteiger partial charge in [-0.2, -0.15) is 0 Å². The minimum absolute atomic E-state index is 0.126. The minimum Gasteiger partial charge on any atom is -0.507 e. The van der Waals surface area contributed by atoms with Gasteiger partial charge in [0.05, 0.1) is 44.1 Å². The number of carbonyl (C=O) groups is 2. The van der Waals surface area contributed by atoms with Gasteiger partial charge in [-0.3, -0.25) is 29.6 Å². The Morgan fingerprint density at radius 3 is 2.68 bits per heavy atom. The molecular formula is C25H17ClN4O6S. The van der Waals surface area contributed by atoms with Crippen molar-refractivity contribution >= 4 is 61.4 Å². The molecule has 10 nitrogen and oxygen atoms in total. The van der Waals surface area contributed by atoms with Crippen molar-refractivity contribution < 1.29 is 24.4 Å². The third-order valence-electron chi connectivity index (χ3n) is 5.84. The quantitative estimate of drug-likeness (QED) is 0.121. The van der Waals surface area contributed by atoms with Gasteiger partial charge in [0.25, 0.3) is 11.5 Å². The number of fused-ring (bicyclic) bond motifs is 1. The fourth-order valence-corrected chi connectivity index (χ4v) is 5.60. The van der Waals surface area contributed by atoms with Crippen LogP contribution in [0, 0.1) is 17.0 Å². The first-order valence-corrected chi connectivity index (χ1v) is 12.0. The molecule has 1 aliphatic heterocycles. The van der Waals surface area contributed by atoms with E-state index in [9.17, 15) is 24.8 Å². The van der Waals surface area contributed by atoms with Crippen LogP contribution in [-0.2, 0) is 9.59 Å². The number of amides is 1. The minimum atomic E-state index is -1.12. The number of aliphatic hydroxyl groups is 1. The molecule has 1 amide bonds. The average molecular weight is 537 g/mol. The van der Waals surface area contributed by atoms with Crippen molar-refractivity contribution in [2.24, 2.45) is 0 Å². The summed E-state index contributed by atoms with van der Waals surface area (Å²) in [5.41, 5.74) is 1.23. The number of Topliss-reactive ketones (excluding diaryl/α,β-unsaturated/α-hetero) is 1. The van der Waals surface area contributed by atoms with Crippen molar-refractivity contribution in [2.75, 3.05) is 12.0 Å². The highest BCUT2D eigenvalue weighted by molar-refractivity contribution is 7.22. The third-order valence-corrected chi connectivity index (χ3v) is 7.14. The summed E-state index contributed by atoms with van der Waals surface area (Å²) in [6.45, 7) is 1.76. The predicted octanol–water partition coefficient (Wildman–Crippen LogP) is 5.20. The van der Waals surface area contributed by atoms with Gasteiger partial charge in [-0.1, -0.05) is 29.0 Å². The number of aliphatic hydroxyl groups excluding tert-OH is 1. The van der Waals surface area contributed by atoms with Crippen LogP contribution in [0.3, 0.4) is 0 Å². The predicted molar refractivity (Wildman–Crippen MR) is 138 cm³/mol. The molecule has 1 fully saturated rings. The first-order valence-electron chi connectivity index (χ1n) is 10.8. The van der Waals surface area contributed by atoms with Crippen molar-refractivity contribution in [3.05, 3.63) is 92.3 Å². The second-order valence-corrected chi connectivity index (χ2v) is 9.57. The molecule has 12 heteroatoms. The number of ether oxygens (including phenoxy) is 1. The maximum absolute atomic E-state index is 13.4. The number of hydrogen-bond donors (Lipinski definition) is 1. The molecule has 5 rings (SSSR count). The molecule has 0 spiro atoms. The van der Waals surface area contributed by atoms with Crippen LogP contribution in [0.5, 0.6) is 5.75 Å². The Labute approximate surface area is 218 Å². The molecule has 1 aliphatic rings. The summed E-state index contributed by atoms with van der Waals surface area (Å²) in [6.07, 6.45) is 1.50. The van der Waals surface area contributed by atoms with E-state index in [1.54, 1.807) is 37.3 Å². The van der Waals surface area contributed by atoms with Crippen molar-refractivity contribution in [1.29, 1.82) is 0 Å². The van der Waals surface area contributed by atoms with Crippen LogP contribution in [0.15, 0.2) is 60.3 Å². The van der Waals surface area contributed by atoms with E-state index in [0.29, 0.717) is 21.5 Å². The topological polar surface area (TPSA) is 136 Å². The van der Waals surface area contributed by atoms with Gasteiger partial charge in [-0.25, -0.2) is 4.98 Å². The van der Waals surface area contributed by atoms with Gasteiger partial charge in [0, 0.05) is 18.3 Å². The summed E-state index contributed by atoms with van der Waals surface area (Å²) >= 11 is 7.33. The molecule has 0 radical (unpaired) electrons. The molecule has 0 saturated carbocycles. The van der Waals surface area contributed by atoms with Gasteiger partial charge in [-0.15, -0.1) is 0 Å². The fourth-order valence-electron chi connectivity index (χ4n) is 4.22. The van der Waals surface area contributed by atoms with Crippen LogP contribution >= 0.6 is 22.9 Å². The van der Waals surface area contributed by atoms with Crippen LogP contribution in [-0.4, -0.2) is 38.8 Å². The largest absolute Gasteiger partial charge is 0.507 e. The number of rotatable bonds is 5. The van der Waals surface area contributed by atoms with E-state index in [4.69, 9.17) is 16.3 Å². The number of halogens is 1. The molecule has 3 heterocycles. The molecule has 4 aromatic rings. The molecule has 1 unspecified atom stereocenters. The number of thiazole rings is 1. The van der Waals surface area contributed by atoms with Gasteiger partial charge in [0.15, 0.2) is 5.13 Å². The highest BCUT2D eigenvalue weighted by Crippen LogP contribution is 2.45. The Hall–Kier alpha value is -4.35. The molecule has 2 aromatic carbocycles. The molecule has 2 aromatic heterocycles. The Morgan fingerprint density at radius 2 is 2.00 bits per heavy atom. The second kappa shape index (κ2) is 9.26. The van der Waals surface area contributed by atoms with Crippen molar-refractivity contribution in [1.82, 2.24) is 9.97 Å². The van der Waals surface area contributed by atoms with E-state index in [0.717, 1.165) is 16.2 Å². The number of methoxy groups -OCH3 is 1. The zero-order valence-corrected chi connectivity index (χ0v) is 20.9. The lowest BCUT2D eigenvalue weighted by molar-refractivity contribution is -0.384. The highest BCUT2D eigenvalue weighted by Gasteiger charge is 2.49. The number of nitro benzene ring substituents is 1. The van der Waals surface area contributed by atoms with Crippen molar-refractivity contribution in [3.8, 4) is 5.75 Å². The number of non-ortho nitro benzene ring substituents is 1. The number of aromatic nitrogens is 2. The molecular weight excluding hydrogens is 520 g/mol. The average Bonchev–Trinajstić information content (AvgIpc) is 3.41. The summed E-state index contributed by atoms with van der Waals surface area (Å²) in [4.78, 5) is 47.4. The molecule has 1 N–H and O–H groups in total. The SMILES string of the molecule is COc1c(Cl)cc(C)cc1/C(O)=C1\C(=O)C(=O)N(c2nc3ccc([N+](=O)[O-])cc3s2)C1c1ccccn1. The first-order chi connectivity index (χ1) is 17.7. The summed E-state index contributed by atoms with van der Waals surface area (Å²) in [6, 6.07) is 11.2. The normalized spacial score (nSPS) is 16.9. The maximum Gasteiger partial charge on any atom is 0.301 e. The number of nitro groups is 1. The lowest BCUT2D eigenvalue weighted by atomic mass is 9.97. The standard InChI is InChI=1S/C25H17ClN4O6S/c1-12-9-14(23(36-2)15(26)10-12)21(31)19-20(17-5-3-4-8-27-17)29(24(33)22(19)32)25-28-16-7-6-13(30(34)35)11-18(16)37-25/h3-11,20,31H,1-2H3/b21-19+. The van der Waals surface area contributed by atoms with Crippen LogP contribution in [0.4, 0.5) is 10.8 Å². The van der Waals surface area contributed by atoms with Gasteiger partial charge in [0.2, 0.25) is 0 Å². The van der Waals surface area contributed by atoms with Gasteiger partial charge in [-0.05, 0) is 42.8 Å². The Kier molecular flexibility index (Phi) is 6.10. The lowest BCUT2D eigenvalue weighted by Crippen LogP contribution is -2.29. The van der Waals surface area contributed by atoms with Crippen LogP contribution in [0.1, 0.15) is 22.9 Å². The smallest absolute Gasteiger partial charge is 0.301 e.